The van der Waals surface area contributed by atoms with Crippen molar-refractivity contribution in [2.24, 2.45) is 0 Å². The molecule has 7 nitrogen and oxygen atoms in total. The normalized spacial score (nSPS) is 10.6. The Balaban J connectivity index is 2.20. The highest BCUT2D eigenvalue weighted by Crippen LogP contribution is 2.13. The van der Waals surface area contributed by atoms with E-state index >= 15 is 0 Å². The Morgan fingerprint density at radius 1 is 1.03 bits per heavy atom. The highest BCUT2D eigenvalue weighted by molar-refractivity contribution is 5.94. The number of rotatable bonds is 14. The number of hydrogen-bond acceptors (Lipinski definition) is 5. The van der Waals surface area contributed by atoms with E-state index in [4.69, 9.17) is 4.74 Å². The zero-order chi connectivity index (χ0) is 21.3. The summed E-state index contributed by atoms with van der Waals surface area (Å²) in [5.41, 5.74) is 0.551. The van der Waals surface area contributed by atoms with Gasteiger partial charge < -0.3 is 20.1 Å². The quantitative estimate of drug-likeness (QED) is 0.366. The summed E-state index contributed by atoms with van der Waals surface area (Å²) in [5, 5.41) is 5.17. The molecule has 1 aromatic rings. The Bertz CT molecular complexity index is 656. The Kier molecular flexibility index (Phi) is 12.6. The van der Waals surface area contributed by atoms with Crippen LogP contribution in [0.15, 0.2) is 36.5 Å². The van der Waals surface area contributed by atoms with E-state index in [2.05, 4.69) is 22.3 Å². The molecule has 0 saturated carbocycles. The van der Waals surface area contributed by atoms with Gasteiger partial charge in [0.2, 0.25) is 5.91 Å². The Hall–Kier alpha value is -2.83. The molecule has 0 unspecified atom stereocenters. The average molecular weight is 405 g/mol. The van der Waals surface area contributed by atoms with E-state index in [0.717, 1.165) is 12.2 Å². The third kappa shape index (κ3) is 11.6. The zero-order valence-corrected chi connectivity index (χ0v) is 17.4. The first-order valence-electron chi connectivity index (χ1n) is 10.1. The lowest BCUT2D eigenvalue weighted by atomic mass is 10.2. The van der Waals surface area contributed by atoms with Gasteiger partial charge in [-0.1, -0.05) is 32.3 Å². The lowest BCUT2D eigenvalue weighted by molar-refractivity contribution is -0.141. The molecule has 2 N–H and O–H groups in total. The highest BCUT2D eigenvalue weighted by Gasteiger charge is 2.05. The molecular weight excluding hydrogens is 372 g/mol. The van der Waals surface area contributed by atoms with Gasteiger partial charge >= 0.3 is 5.97 Å². The number of unbranched alkanes of at least 4 members (excludes halogenated alkanes) is 4. The first kappa shape index (κ1) is 24.2. The molecule has 7 heteroatoms. The van der Waals surface area contributed by atoms with E-state index in [1.807, 2.05) is 0 Å². The predicted molar refractivity (Wildman–Crippen MR) is 112 cm³/mol. The van der Waals surface area contributed by atoms with Crippen molar-refractivity contribution in [3.63, 3.8) is 0 Å². The van der Waals surface area contributed by atoms with Gasteiger partial charge in [0.05, 0.1) is 13.7 Å². The minimum Gasteiger partial charge on any atom is -0.494 e. The maximum Gasteiger partial charge on any atom is 0.325 e. The van der Waals surface area contributed by atoms with Crippen LogP contribution in [0.5, 0.6) is 5.75 Å². The molecule has 0 aliphatic carbocycles. The molecule has 1 aromatic carbocycles. The van der Waals surface area contributed by atoms with Crippen molar-refractivity contribution in [2.75, 3.05) is 20.3 Å². The van der Waals surface area contributed by atoms with Crippen molar-refractivity contribution in [3.8, 4) is 5.75 Å². The summed E-state index contributed by atoms with van der Waals surface area (Å²) in [5.74, 6) is -0.126. The maximum atomic E-state index is 12.1. The van der Waals surface area contributed by atoms with Gasteiger partial charge in [0, 0.05) is 18.2 Å². The highest BCUT2D eigenvalue weighted by atomic mass is 16.5. The summed E-state index contributed by atoms with van der Waals surface area (Å²) < 4.78 is 10.1. The number of allylic oxidation sites excluding steroid dienone is 1. The molecule has 0 radical (unpaired) electrons. The molecule has 0 heterocycles. The Morgan fingerprint density at radius 3 is 2.48 bits per heavy atom. The Labute approximate surface area is 172 Å². The number of amides is 2. The second kappa shape index (κ2) is 15.1. The van der Waals surface area contributed by atoms with Crippen molar-refractivity contribution in [1.82, 2.24) is 10.6 Å². The summed E-state index contributed by atoms with van der Waals surface area (Å²) in [6.07, 6.45) is 9.54. The summed E-state index contributed by atoms with van der Waals surface area (Å²) in [6, 6.07) is 7.06. The number of nitrogens with one attached hydrogen (secondary N) is 2. The van der Waals surface area contributed by atoms with Crippen molar-refractivity contribution in [3.05, 3.63) is 42.1 Å². The number of methoxy groups -OCH3 is 1. The van der Waals surface area contributed by atoms with E-state index in [9.17, 15) is 14.4 Å². The average Bonchev–Trinajstić information content (AvgIpc) is 2.74. The number of esters is 1. The lowest BCUT2D eigenvalue weighted by Gasteiger charge is -2.07. The summed E-state index contributed by atoms with van der Waals surface area (Å²) in [7, 11) is 1.27. The molecule has 2 amide bonds. The second-order valence-corrected chi connectivity index (χ2v) is 6.55. The fraction of sp³-hybridized carbons (Fsp3) is 0.500. The molecule has 160 valence electrons. The van der Waals surface area contributed by atoms with Gasteiger partial charge in [-0.25, -0.2) is 0 Å². The van der Waals surface area contributed by atoms with Gasteiger partial charge in [-0.2, -0.15) is 0 Å². The van der Waals surface area contributed by atoms with Gasteiger partial charge in [-0.05, 0) is 43.5 Å². The molecule has 0 spiro atoms. The van der Waals surface area contributed by atoms with Crippen LogP contribution in [0.3, 0.4) is 0 Å². The topological polar surface area (TPSA) is 93.7 Å². The molecule has 1 rings (SSSR count). The largest absolute Gasteiger partial charge is 0.494 e. The van der Waals surface area contributed by atoms with Crippen LogP contribution in [0.2, 0.25) is 0 Å². The number of benzene rings is 1. The van der Waals surface area contributed by atoms with E-state index < -0.39 is 5.97 Å². The number of carbonyl (C=O) groups excluding carboxylic acids is 3. The minimum absolute atomic E-state index is 0.121. The predicted octanol–water partition coefficient (Wildman–Crippen LogP) is 3.35. The minimum atomic E-state index is -0.479. The zero-order valence-electron chi connectivity index (χ0n) is 17.4. The molecule has 0 aromatic heterocycles. The fourth-order valence-corrected chi connectivity index (χ4v) is 2.43. The lowest BCUT2D eigenvalue weighted by Crippen LogP contribution is -2.29. The van der Waals surface area contributed by atoms with E-state index in [1.54, 1.807) is 36.5 Å². The van der Waals surface area contributed by atoms with Crippen LogP contribution < -0.4 is 15.4 Å². The van der Waals surface area contributed by atoms with E-state index in [0.29, 0.717) is 31.4 Å². The van der Waals surface area contributed by atoms with Crippen LogP contribution >= 0.6 is 0 Å². The van der Waals surface area contributed by atoms with Crippen LogP contribution in [0, 0.1) is 0 Å². The second-order valence-electron chi connectivity index (χ2n) is 6.55. The van der Waals surface area contributed by atoms with Crippen molar-refractivity contribution in [2.45, 2.75) is 51.9 Å². The molecule has 29 heavy (non-hydrogen) atoms. The van der Waals surface area contributed by atoms with Crippen LogP contribution in [0.4, 0.5) is 0 Å². The SMILES string of the molecule is CCCCCCOc1ccc(C(=O)N/C=C\CCCC(=O)NCC(=O)OC)cc1. The first-order valence-corrected chi connectivity index (χ1v) is 10.1. The molecule has 0 saturated heterocycles. The van der Waals surface area contributed by atoms with Gasteiger partial charge in [0.25, 0.3) is 5.91 Å². The molecule has 0 bridgehead atoms. The molecule has 0 aliphatic heterocycles. The number of ether oxygens (including phenoxy) is 2. The van der Waals surface area contributed by atoms with Crippen molar-refractivity contribution < 1.29 is 23.9 Å². The summed E-state index contributed by atoms with van der Waals surface area (Å²) >= 11 is 0. The van der Waals surface area contributed by atoms with Crippen molar-refractivity contribution >= 4 is 17.8 Å². The van der Waals surface area contributed by atoms with E-state index in [-0.39, 0.29) is 18.4 Å². The number of carbonyl (C=O) groups is 3. The van der Waals surface area contributed by atoms with Gasteiger partial charge in [-0.3, -0.25) is 14.4 Å². The van der Waals surface area contributed by atoms with Crippen LogP contribution in [0.25, 0.3) is 0 Å². The van der Waals surface area contributed by atoms with Gasteiger partial charge in [0.1, 0.15) is 12.3 Å². The van der Waals surface area contributed by atoms with Crippen LogP contribution in [-0.4, -0.2) is 38.0 Å². The first-order chi connectivity index (χ1) is 14.1. The van der Waals surface area contributed by atoms with Crippen LogP contribution in [-0.2, 0) is 14.3 Å². The van der Waals surface area contributed by atoms with Gasteiger partial charge in [-0.15, -0.1) is 0 Å². The fourth-order valence-electron chi connectivity index (χ4n) is 2.43. The number of hydrogen-bond donors (Lipinski definition) is 2. The molecule has 0 atom stereocenters. The van der Waals surface area contributed by atoms with Crippen LogP contribution in [0.1, 0.15) is 62.2 Å². The standard InChI is InChI=1S/C22H32N2O5/c1-3-4-5-9-16-29-19-13-11-18(12-14-19)22(27)23-15-8-6-7-10-20(25)24-17-21(26)28-2/h8,11-15H,3-7,9-10,16-17H2,1-2H3,(H,23,27)(H,24,25)/b15-8-. The van der Waals surface area contributed by atoms with Crippen molar-refractivity contribution in [1.29, 1.82) is 0 Å². The molecular formula is C22H32N2O5. The molecule has 0 fully saturated rings. The molecule has 0 aliphatic rings. The monoisotopic (exact) mass is 404 g/mol. The summed E-state index contributed by atoms with van der Waals surface area (Å²) in [6.45, 7) is 2.74. The smallest absolute Gasteiger partial charge is 0.325 e. The third-order valence-electron chi connectivity index (χ3n) is 4.15. The maximum absolute atomic E-state index is 12.1. The van der Waals surface area contributed by atoms with Gasteiger partial charge in [0.15, 0.2) is 0 Å². The summed E-state index contributed by atoms with van der Waals surface area (Å²) in [4.78, 5) is 34.5. The third-order valence-corrected chi connectivity index (χ3v) is 4.15. The van der Waals surface area contributed by atoms with E-state index in [1.165, 1.54) is 26.4 Å². The Morgan fingerprint density at radius 2 is 1.79 bits per heavy atom.